The molecule has 0 saturated carbocycles. The second kappa shape index (κ2) is 5.09. The van der Waals surface area contributed by atoms with Crippen molar-refractivity contribution in [3.63, 3.8) is 0 Å². The maximum Gasteiger partial charge on any atom is 0.211 e. The molecule has 0 saturated heterocycles. The second-order valence-corrected chi connectivity index (χ2v) is 6.16. The van der Waals surface area contributed by atoms with E-state index in [1.54, 1.807) is 6.92 Å². The van der Waals surface area contributed by atoms with E-state index in [4.69, 9.17) is 0 Å². The fourth-order valence-electron chi connectivity index (χ4n) is 1.24. The van der Waals surface area contributed by atoms with Crippen molar-refractivity contribution >= 4 is 26.0 Å². The standard InChI is InChI=1S/C10H14BrNO2S/c1-3-15(13,14)12-8(2)9-6-4-5-7-10(9)11/h4-8,12H,3H2,1-2H3/t8-/m1/s1. The zero-order valence-corrected chi connectivity index (χ0v) is 11.1. The zero-order valence-electron chi connectivity index (χ0n) is 8.70. The molecule has 3 nitrogen and oxygen atoms in total. The number of benzene rings is 1. The monoisotopic (exact) mass is 291 g/mol. The first-order valence-electron chi connectivity index (χ1n) is 4.70. The summed E-state index contributed by atoms with van der Waals surface area (Å²) >= 11 is 3.39. The number of hydrogen-bond donors (Lipinski definition) is 1. The van der Waals surface area contributed by atoms with E-state index < -0.39 is 10.0 Å². The number of rotatable bonds is 4. The van der Waals surface area contributed by atoms with E-state index in [0.717, 1.165) is 10.0 Å². The van der Waals surface area contributed by atoms with Crippen LogP contribution in [0.4, 0.5) is 0 Å². The highest BCUT2D eigenvalue weighted by molar-refractivity contribution is 9.10. The summed E-state index contributed by atoms with van der Waals surface area (Å²) in [5.41, 5.74) is 0.939. The van der Waals surface area contributed by atoms with Gasteiger partial charge in [-0.05, 0) is 25.5 Å². The Bertz CT molecular complexity index is 431. The van der Waals surface area contributed by atoms with Gasteiger partial charge in [0.2, 0.25) is 10.0 Å². The number of nitrogens with one attached hydrogen (secondary N) is 1. The molecule has 0 aliphatic heterocycles. The lowest BCUT2D eigenvalue weighted by Gasteiger charge is -2.15. The predicted molar refractivity (Wildman–Crippen MR) is 65.2 cm³/mol. The molecule has 0 radical (unpaired) electrons. The summed E-state index contributed by atoms with van der Waals surface area (Å²) in [5, 5.41) is 0. The Morgan fingerprint density at radius 2 is 2.00 bits per heavy atom. The highest BCUT2D eigenvalue weighted by Gasteiger charge is 2.14. The lowest BCUT2D eigenvalue weighted by atomic mass is 10.1. The van der Waals surface area contributed by atoms with Crippen LogP contribution < -0.4 is 4.72 Å². The molecule has 0 spiro atoms. The van der Waals surface area contributed by atoms with Gasteiger partial charge >= 0.3 is 0 Å². The molecule has 0 amide bonds. The zero-order chi connectivity index (χ0) is 11.5. The first-order valence-corrected chi connectivity index (χ1v) is 7.15. The maximum absolute atomic E-state index is 11.4. The molecule has 1 aromatic carbocycles. The van der Waals surface area contributed by atoms with Gasteiger partial charge in [-0.2, -0.15) is 0 Å². The van der Waals surface area contributed by atoms with Crippen molar-refractivity contribution in [2.24, 2.45) is 0 Å². The number of halogens is 1. The summed E-state index contributed by atoms with van der Waals surface area (Å²) in [7, 11) is -3.15. The molecule has 0 aromatic heterocycles. The minimum absolute atomic E-state index is 0.0990. The van der Waals surface area contributed by atoms with Gasteiger partial charge in [0.25, 0.3) is 0 Å². The lowest BCUT2D eigenvalue weighted by molar-refractivity contribution is 0.568. The number of sulfonamides is 1. The first-order chi connectivity index (χ1) is 6.96. The molecule has 0 fully saturated rings. The van der Waals surface area contributed by atoms with Crippen molar-refractivity contribution in [1.29, 1.82) is 0 Å². The van der Waals surface area contributed by atoms with E-state index >= 15 is 0 Å². The van der Waals surface area contributed by atoms with Crippen molar-refractivity contribution in [1.82, 2.24) is 4.72 Å². The predicted octanol–water partition coefficient (Wildman–Crippen LogP) is 2.45. The van der Waals surface area contributed by atoms with Gasteiger partial charge in [-0.15, -0.1) is 0 Å². The maximum atomic E-state index is 11.4. The van der Waals surface area contributed by atoms with Crippen LogP contribution in [-0.2, 0) is 10.0 Å². The van der Waals surface area contributed by atoms with Crippen LogP contribution in [0.15, 0.2) is 28.7 Å². The van der Waals surface area contributed by atoms with Gasteiger partial charge in [0.05, 0.1) is 5.75 Å². The average molecular weight is 292 g/mol. The van der Waals surface area contributed by atoms with E-state index in [1.165, 1.54) is 0 Å². The molecule has 0 heterocycles. The Morgan fingerprint density at radius 3 is 2.53 bits per heavy atom. The molecule has 1 aromatic rings. The van der Waals surface area contributed by atoms with Crippen molar-refractivity contribution in [2.75, 3.05) is 5.75 Å². The van der Waals surface area contributed by atoms with Gasteiger partial charge in [-0.25, -0.2) is 13.1 Å². The van der Waals surface area contributed by atoms with Crippen LogP contribution in [0.2, 0.25) is 0 Å². The van der Waals surface area contributed by atoms with Crippen LogP contribution in [0.5, 0.6) is 0 Å². The topological polar surface area (TPSA) is 46.2 Å². The van der Waals surface area contributed by atoms with Gasteiger partial charge in [0, 0.05) is 10.5 Å². The molecular formula is C10H14BrNO2S. The SMILES string of the molecule is CCS(=O)(=O)N[C@H](C)c1ccccc1Br. The summed E-state index contributed by atoms with van der Waals surface area (Å²) in [4.78, 5) is 0. The van der Waals surface area contributed by atoms with Crippen LogP contribution in [0.1, 0.15) is 25.5 Å². The Morgan fingerprint density at radius 1 is 1.40 bits per heavy atom. The molecule has 1 N–H and O–H groups in total. The fraction of sp³-hybridized carbons (Fsp3) is 0.400. The summed E-state index contributed by atoms with van der Waals surface area (Å²) in [6.07, 6.45) is 0. The largest absolute Gasteiger partial charge is 0.212 e. The van der Waals surface area contributed by atoms with Crippen LogP contribution in [0.25, 0.3) is 0 Å². The van der Waals surface area contributed by atoms with Crippen LogP contribution in [0, 0.1) is 0 Å². The Kier molecular flexibility index (Phi) is 4.31. The van der Waals surface area contributed by atoms with Gasteiger partial charge in [-0.1, -0.05) is 34.1 Å². The average Bonchev–Trinajstić information content (AvgIpc) is 2.17. The number of hydrogen-bond acceptors (Lipinski definition) is 2. The van der Waals surface area contributed by atoms with E-state index in [9.17, 15) is 8.42 Å². The fourth-order valence-corrected chi connectivity index (χ4v) is 2.70. The minimum atomic E-state index is -3.15. The van der Waals surface area contributed by atoms with Crippen molar-refractivity contribution in [3.05, 3.63) is 34.3 Å². The van der Waals surface area contributed by atoms with E-state index in [-0.39, 0.29) is 11.8 Å². The third-order valence-electron chi connectivity index (χ3n) is 2.11. The molecule has 5 heteroatoms. The van der Waals surface area contributed by atoms with Gasteiger partial charge in [0.15, 0.2) is 0 Å². The van der Waals surface area contributed by atoms with Crippen molar-refractivity contribution in [2.45, 2.75) is 19.9 Å². The molecule has 1 atom stereocenters. The smallest absolute Gasteiger partial charge is 0.211 e. The van der Waals surface area contributed by atoms with E-state index in [2.05, 4.69) is 20.7 Å². The third-order valence-corrected chi connectivity index (χ3v) is 4.30. The summed E-state index contributed by atoms with van der Waals surface area (Å²) in [6.45, 7) is 3.45. The molecular weight excluding hydrogens is 278 g/mol. The summed E-state index contributed by atoms with van der Waals surface area (Å²) in [6, 6.07) is 7.36. The molecule has 0 unspecified atom stereocenters. The van der Waals surface area contributed by atoms with Gasteiger partial charge < -0.3 is 0 Å². The van der Waals surface area contributed by atoms with Gasteiger partial charge in [-0.3, -0.25) is 0 Å². The Balaban J connectivity index is 2.87. The molecule has 1 rings (SSSR count). The Labute approximate surface area is 99.1 Å². The summed E-state index contributed by atoms with van der Waals surface area (Å²) in [5.74, 6) is 0.0990. The van der Waals surface area contributed by atoms with Crippen LogP contribution >= 0.6 is 15.9 Å². The highest BCUT2D eigenvalue weighted by atomic mass is 79.9. The first kappa shape index (κ1) is 12.7. The molecule has 0 aliphatic carbocycles. The molecule has 0 aliphatic rings. The van der Waals surface area contributed by atoms with Crippen LogP contribution in [0.3, 0.4) is 0 Å². The van der Waals surface area contributed by atoms with E-state index in [1.807, 2.05) is 31.2 Å². The summed E-state index contributed by atoms with van der Waals surface area (Å²) < 4.78 is 26.3. The molecule has 15 heavy (non-hydrogen) atoms. The van der Waals surface area contributed by atoms with Gasteiger partial charge in [0.1, 0.15) is 0 Å². The normalized spacial score (nSPS) is 13.8. The highest BCUT2D eigenvalue weighted by Crippen LogP contribution is 2.23. The van der Waals surface area contributed by atoms with Crippen LogP contribution in [-0.4, -0.2) is 14.2 Å². The molecule has 84 valence electrons. The van der Waals surface area contributed by atoms with Crippen molar-refractivity contribution < 1.29 is 8.42 Å². The Hall–Kier alpha value is -0.390. The quantitative estimate of drug-likeness (QED) is 0.926. The van der Waals surface area contributed by atoms with Crippen molar-refractivity contribution in [3.8, 4) is 0 Å². The molecule has 0 bridgehead atoms. The van der Waals surface area contributed by atoms with E-state index in [0.29, 0.717) is 0 Å². The minimum Gasteiger partial charge on any atom is -0.212 e. The third kappa shape index (κ3) is 3.59. The second-order valence-electron chi connectivity index (χ2n) is 3.26. The lowest BCUT2D eigenvalue weighted by Crippen LogP contribution is -2.28.